The number of hydrogen-bond donors (Lipinski definition) is 1. The van der Waals surface area contributed by atoms with Crippen LogP contribution in [0.5, 0.6) is 11.5 Å². The molecule has 2 saturated heterocycles. The Bertz CT molecular complexity index is 1010. The molecule has 0 unspecified atom stereocenters. The van der Waals surface area contributed by atoms with E-state index in [2.05, 4.69) is 26.8 Å². The summed E-state index contributed by atoms with van der Waals surface area (Å²) in [5, 5.41) is 9.09. The third-order valence-corrected chi connectivity index (χ3v) is 7.57. The number of rotatable bonds is 7. The lowest BCUT2D eigenvalue weighted by molar-refractivity contribution is -0.231. The zero-order valence-electron chi connectivity index (χ0n) is 23.9. The Balaban J connectivity index is 1.59. The van der Waals surface area contributed by atoms with Gasteiger partial charge in [-0.1, -0.05) is 11.6 Å². The van der Waals surface area contributed by atoms with Crippen LogP contribution in [0.4, 0.5) is 4.79 Å². The van der Waals surface area contributed by atoms with Crippen molar-refractivity contribution in [1.82, 2.24) is 4.90 Å². The molecule has 2 fully saturated rings. The molecule has 0 aliphatic carbocycles. The van der Waals surface area contributed by atoms with Gasteiger partial charge in [-0.25, -0.2) is 4.79 Å². The third kappa shape index (κ3) is 6.64. The number of ether oxygens (including phenoxy) is 5. The smallest absolute Gasteiger partial charge is 0.410 e. The van der Waals surface area contributed by atoms with Gasteiger partial charge >= 0.3 is 6.09 Å². The van der Waals surface area contributed by atoms with Crippen LogP contribution in [0.2, 0.25) is 0 Å². The molecule has 0 radical (unpaired) electrons. The number of aliphatic hydroxyl groups excluding tert-OH is 1. The standard InChI is InChI=1S/C30H45NO7/c1-21(2)9-7-12-29(6)24-18-30(19-31(13-16-36-30)27(33)38-28(3,4)5)20-35-26(24)23-11-10-22(17-25(23)37-29)34-15-8-14-32/h9-11,17,24,26,32H,7-8,12-16,18-20H2,1-6H3/t24-,26+,29+,30+/m0/s1. The zero-order valence-corrected chi connectivity index (χ0v) is 23.9. The van der Waals surface area contributed by atoms with Crippen molar-refractivity contribution in [3.05, 3.63) is 35.4 Å². The van der Waals surface area contributed by atoms with E-state index < -0.39 is 16.8 Å². The quantitative estimate of drug-likeness (QED) is 0.371. The van der Waals surface area contributed by atoms with Crippen molar-refractivity contribution >= 4 is 6.09 Å². The fourth-order valence-electron chi connectivity index (χ4n) is 5.70. The Morgan fingerprint density at radius 3 is 2.79 bits per heavy atom. The van der Waals surface area contributed by atoms with Crippen LogP contribution in [0.25, 0.3) is 0 Å². The third-order valence-electron chi connectivity index (χ3n) is 7.57. The summed E-state index contributed by atoms with van der Waals surface area (Å²) in [5.41, 5.74) is 0.627. The van der Waals surface area contributed by atoms with Crippen LogP contribution in [0, 0.1) is 5.92 Å². The highest BCUT2D eigenvalue weighted by Gasteiger charge is 2.55. The van der Waals surface area contributed by atoms with E-state index >= 15 is 0 Å². The van der Waals surface area contributed by atoms with Crippen molar-refractivity contribution in [3.8, 4) is 11.5 Å². The van der Waals surface area contributed by atoms with Crippen LogP contribution in [0.3, 0.4) is 0 Å². The maximum atomic E-state index is 12.9. The molecule has 8 nitrogen and oxygen atoms in total. The number of aliphatic hydroxyl groups is 1. The summed E-state index contributed by atoms with van der Waals surface area (Å²) < 4.78 is 31.3. The summed E-state index contributed by atoms with van der Waals surface area (Å²) in [6.45, 7) is 14.3. The molecule has 8 heteroatoms. The van der Waals surface area contributed by atoms with E-state index in [1.807, 2.05) is 39.0 Å². The normalized spacial score (nSPS) is 28.7. The fraction of sp³-hybridized carbons (Fsp3) is 0.700. The van der Waals surface area contributed by atoms with Crippen molar-refractivity contribution in [2.45, 2.75) is 90.1 Å². The van der Waals surface area contributed by atoms with Crippen molar-refractivity contribution in [2.24, 2.45) is 5.92 Å². The number of fused-ring (bicyclic) bond motifs is 3. The molecule has 0 saturated carbocycles. The minimum atomic E-state index is -0.609. The van der Waals surface area contributed by atoms with Crippen LogP contribution in [0.1, 0.15) is 78.9 Å². The second kappa shape index (κ2) is 11.4. The second-order valence-corrected chi connectivity index (χ2v) is 12.3. The first kappa shape index (κ1) is 28.7. The molecule has 1 N–H and O–H groups in total. The molecule has 3 heterocycles. The highest BCUT2D eigenvalue weighted by atomic mass is 16.6. The maximum Gasteiger partial charge on any atom is 0.410 e. The Morgan fingerprint density at radius 2 is 2.08 bits per heavy atom. The lowest BCUT2D eigenvalue weighted by Crippen LogP contribution is -2.63. The molecular formula is C30H45NO7. The van der Waals surface area contributed by atoms with Gasteiger partial charge in [-0.3, -0.25) is 0 Å². The van der Waals surface area contributed by atoms with Crippen LogP contribution in [0.15, 0.2) is 29.8 Å². The van der Waals surface area contributed by atoms with Crippen LogP contribution in [-0.4, -0.2) is 72.4 Å². The van der Waals surface area contributed by atoms with Crippen molar-refractivity contribution in [2.75, 3.05) is 39.5 Å². The van der Waals surface area contributed by atoms with Crippen LogP contribution in [-0.2, 0) is 14.2 Å². The zero-order chi connectivity index (χ0) is 27.6. The predicted molar refractivity (Wildman–Crippen MR) is 145 cm³/mol. The molecule has 1 aromatic carbocycles. The highest BCUT2D eigenvalue weighted by Crippen LogP contribution is 2.54. The van der Waals surface area contributed by atoms with Gasteiger partial charge in [0.2, 0.25) is 0 Å². The fourth-order valence-corrected chi connectivity index (χ4v) is 5.70. The van der Waals surface area contributed by atoms with E-state index in [1.54, 1.807) is 4.90 Å². The van der Waals surface area contributed by atoms with Crippen molar-refractivity contribution < 1.29 is 33.6 Å². The molecule has 4 atom stereocenters. The van der Waals surface area contributed by atoms with Crippen LogP contribution >= 0.6 is 0 Å². The van der Waals surface area contributed by atoms with Gasteiger partial charge in [-0.05, 0) is 72.9 Å². The minimum Gasteiger partial charge on any atom is -0.493 e. The number of carbonyl (C=O) groups excluding carboxylic acids is 1. The lowest BCUT2D eigenvalue weighted by atomic mass is 9.69. The Hall–Kier alpha value is -2.29. The van der Waals surface area contributed by atoms with Crippen molar-refractivity contribution in [3.63, 3.8) is 0 Å². The number of benzene rings is 1. The largest absolute Gasteiger partial charge is 0.493 e. The number of hydrogen-bond acceptors (Lipinski definition) is 7. The van der Waals surface area contributed by atoms with Crippen LogP contribution < -0.4 is 9.47 Å². The van der Waals surface area contributed by atoms with Gasteiger partial charge in [0, 0.05) is 37.1 Å². The molecule has 3 aliphatic heterocycles. The monoisotopic (exact) mass is 531 g/mol. The summed E-state index contributed by atoms with van der Waals surface area (Å²) in [7, 11) is 0. The van der Waals surface area contributed by atoms with Gasteiger partial charge in [0.25, 0.3) is 0 Å². The molecule has 1 aromatic rings. The summed E-state index contributed by atoms with van der Waals surface area (Å²) >= 11 is 0. The number of amides is 1. The van der Waals surface area contributed by atoms with Crippen molar-refractivity contribution in [1.29, 1.82) is 0 Å². The molecule has 0 aromatic heterocycles. The molecule has 4 rings (SSSR count). The van der Waals surface area contributed by atoms with Gasteiger partial charge in [0.15, 0.2) is 0 Å². The summed E-state index contributed by atoms with van der Waals surface area (Å²) in [4.78, 5) is 14.7. The first-order valence-corrected chi connectivity index (χ1v) is 13.9. The molecule has 3 aliphatic rings. The molecule has 1 spiro atoms. The Kier molecular flexibility index (Phi) is 8.65. The van der Waals surface area contributed by atoms with Gasteiger partial charge in [0.1, 0.15) is 28.3 Å². The van der Waals surface area contributed by atoms with Gasteiger partial charge in [-0.15, -0.1) is 0 Å². The first-order valence-electron chi connectivity index (χ1n) is 13.9. The molecule has 38 heavy (non-hydrogen) atoms. The van der Waals surface area contributed by atoms with E-state index in [1.165, 1.54) is 5.57 Å². The van der Waals surface area contributed by atoms with Gasteiger partial charge in [0.05, 0.1) is 32.5 Å². The van der Waals surface area contributed by atoms with E-state index in [-0.39, 0.29) is 24.7 Å². The molecular weight excluding hydrogens is 486 g/mol. The lowest BCUT2D eigenvalue weighted by Gasteiger charge is -2.55. The molecule has 1 amide bonds. The average Bonchev–Trinajstić information content (AvgIpc) is 2.83. The summed E-state index contributed by atoms with van der Waals surface area (Å²) in [6, 6.07) is 5.92. The molecule has 0 bridgehead atoms. The predicted octanol–water partition coefficient (Wildman–Crippen LogP) is 5.43. The first-order chi connectivity index (χ1) is 17.9. The maximum absolute atomic E-state index is 12.9. The summed E-state index contributed by atoms with van der Waals surface area (Å²) in [5.74, 6) is 1.54. The van der Waals surface area contributed by atoms with E-state index in [9.17, 15) is 4.79 Å². The van der Waals surface area contributed by atoms with Gasteiger partial charge < -0.3 is 33.7 Å². The Labute approximate surface area is 227 Å². The average molecular weight is 532 g/mol. The summed E-state index contributed by atoms with van der Waals surface area (Å²) in [6.07, 6.45) is 4.80. The number of allylic oxidation sites excluding steroid dienone is 2. The highest BCUT2D eigenvalue weighted by molar-refractivity contribution is 5.68. The topological polar surface area (TPSA) is 86.7 Å². The molecule has 212 valence electrons. The van der Waals surface area contributed by atoms with E-state index in [0.717, 1.165) is 36.3 Å². The number of morpholine rings is 1. The number of carbonyl (C=O) groups is 1. The number of nitrogens with zero attached hydrogens (tertiary/aromatic N) is 1. The van der Waals surface area contributed by atoms with E-state index in [0.29, 0.717) is 39.3 Å². The SMILES string of the molecule is CC(C)=CCC[C@@]1(C)Oc2cc(OCCCO)ccc2[C@H]2OC[C@@]3(C[C@@H]21)CN(C(=O)OC(C)(C)C)CCO3. The Morgan fingerprint density at radius 1 is 1.29 bits per heavy atom. The van der Waals surface area contributed by atoms with Gasteiger partial charge in [-0.2, -0.15) is 0 Å². The second-order valence-electron chi connectivity index (χ2n) is 12.3. The minimum absolute atomic E-state index is 0.0362. The van der Waals surface area contributed by atoms with E-state index in [4.69, 9.17) is 28.8 Å².